The Bertz CT molecular complexity index is 960. The first kappa shape index (κ1) is 21.7. The Morgan fingerprint density at radius 3 is 2.40 bits per heavy atom. The minimum absolute atomic E-state index is 0.0291. The zero-order chi connectivity index (χ0) is 21.7. The Labute approximate surface area is 180 Å². The van der Waals surface area contributed by atoms with Crippen LogP contribution in [0.3, 0.4) is 0 Å². The zero-order valence-electron chi connectivity index (χ0n) is 17.2. The molecule has 8 heteroatoms. The van der Waals surface area contributed by atoms with Crippen molar-refractivity contribution in [2.75, 3.05) is 38.0 Å². The summed E-state index contributed by atoms with van der Waals surface area (Å²) in [7, 11) is 0. The minimum atomic E-state index is -0.539. The van der Waals surface area contributed by atoms with Crippen molar-refractivity contribution in [1.29, 1.82) is 0 Å². The lowest BCUT2D eigenvalue weighted by Crippen LogP contribution is -2.50. The summed E-state index contributed by atoms with van der Waals surface area (Å²) in [4.78, 5) is 41.3. The fourth-order valence-corrected chi connectivity index (χ4v) is 4.43. The highest BCUT2D eigenvalue weighted by molar-refractivity contribution is 7.16. The van der Waals surface area contributed by atoms with Gasteiger partial charge in [0.1, 0.15) is 5.00 Å². The normalized spacial score (nSPS) is 14.8. The van der Waals surface area contributed by atoms with Gasteiger partial charge in [-0.3, -0.25) is 19.3 Å². The van der Waals surface area contributed by atoms with Crippen molar-refractivity contribution >= 4 is 40.1 Å². The number of nitrogens with zero attached hydrogens (tertiary/aromatic N) is 2. The van der Waals surface area contributed by atoms with E-state index in [0.717, 1.165) is 16.0 Å². The molecule has 0 saturated carbocycles. The van der Waals surface area contributed by atoms with Crippen LogP contribution in [0.15, 0.2) is 36.4 Å². The number of piperazine rings is 1. The molecular formula is C22H26N4O3S. The third kappa shape index (κ3) is 5.34. The number of benzene rings is 1. The number of carbonyl (C=O) groups is 3. The van der Waals surface area contributed by atoms with Crippen molar-refractivity contribution in [3.8, 4) is 0 Å². The van der Waals surface area contributed by atoms with Crippen LogP contribution in [0.4, 0.5) is 5.00 Å². The monoisotopic (exact) mass is 426 g/mol. The van der Waals surface area contributed by atoms with Crippen LogP contribution in [0.5, 0.6) is 0 Å². The molecule has 1 aliphatic rings. The largest absolute Gasteiger partial charge is 0.365 e. The first-order valence-corrected chi connectivity index (χ1v) is 10.6. The number of primary amides is 1. The van der Waals surface area contributed by atoms with Gasteiger partial charge >= 0.3 is 0 Å². The van der Waals surface area contributed by atoms with E-state index in [4.69, 9.17) is 5.73 Å². The molecule has 158 valence electrons. The number of carbonyl (C=O) groups excluding carboxylic acids is 3. The van der Waals surface area contributed by atoms with Gasteiger partial charge in [-0.1, -0.05) is 30.3 Å². The molecule has 7 nitrogen and oxygen atoms in total. The summed E-state index contributed by atoms with van der Waals surface area (Å²) in [5, 5.41) is 3.32. The summed E-state index contributed by atoms with van der Waals surface area (Å²) in [6.07, 6.45) is 3.40. The van der Waals surface area contributed by atoms with Crippen molar-refractivity contribution in [1.82, 2.24) is 9.80 Å². The second-order valence-electron chi connectivity index (χ2n) is 7.25. The van der Waals surface area contributed by atoms with Crippen LogP contribution in [0.2, 0.25) is 0 Å². The van der Waals surface area contributed by atoms with Crippen LogP contribution >= 0.6 is 11.3 Å². The van der Waals surface area contributed by atoms with Gasteiger partial charge in [-0.25, -0.2) is 0 Å². The van der Waals surface area contributed by atoms with Gasteiger partial charge in [0.15, 0.2) is 0 Å². The topological polar surface area (TPSA) is 95.7 Å². The minimum Gasteiger partial charge on any atom is -0.365 e. The smallest absolute Gasteiger partial charge is 0.251 e. The van der Waals surface area contributed by atoms with E-state index in [9.17, 15) is 14.4 Å². The number of rotatable bonds is 6. The lowest BCUT2D eigenvalue weighted by Gasteiger charge is -2.33. The number of nitrogens with two attached hydrogens (primary N) is 1. The standard InChI is InChI=1S/C22H26N4O3S/c1-15-16(2)30-22(20(15)21(23)29)24-18(27)14-25-10-12-26(13-11-25)19(28)9-8-17-6-4-3-5-7-17/h3-9H,10-14H2,1-2H3,(H2,23,29)(H,24,27)/b9-8+. The molecule has 1 aromatic carbocycles. The number of anilines is 1. The molecule has 3 N–H and O–H groups in total. The molecular weight excluding hydrogens is 400 g/mol. The average molecular weight is 427 g/mol. The number of aryl methyl sites for hydroxylation is 1. The number of hydrogen-bond donors (Lipinski definition) is 2. The fraction of sp³-hybridized carbons (Fsp3) is 0.318. The number of thiophene rings is 1. The van der Waals surface area contributed by atoms with Crippen molar-refractivity contribution in [3.05, 3.63) is 58.0 Å². The van der Waals surface area contributed by atoms with Gasteiger partial charge in [0, 0.05) is 37.1 Å². The Kier molecular flexibility index (Phi) is 7.02. The van der Waals surface area contributed by atoms with Crippen molar-refractivity contribution in [3.63, 3.8) is 0 Å². The van der Waals surface area contributed by atoms with Crippen LogP contribution in [-0.4, -0.2) is 60.2 Å². The highest BCUT2D eigenvalue weighted by Gasteiger charge is 2.23. The Morgan fingerprint density at radius 1 is 1.10 bits per heavy atom. The second-order valence-corrected chi connectivity index (χ2v) is 8.47. The van der Waals surface area contributed by atoms with E-state index in [1.807, 2.05) is 55.2 Å². The lowest BCUT2D eigenvalue weighted by atomic mass is 10.1. The summed E-state index contributed by atoms with van der Waals surface area (Å²) in [5.41, 5.74) is 7.62. The van der Waals surface area contributed by atoms with Gasteiger partial charge < -0.3 is 16.0 Å². The highest BCUT2D eigenvalue weighted by atomic mass is 32.1. The van der Waals surface area contributed by atoms with Gasteiger partial charge in [-0.15, -0.1) is 11.3 Å². The third-order valence-corrected chi connectivity index (χ3v) is 6.28. The van der Waals surface area contributed by atoms with Gasteiger partial charge in [0.05, 0.1) is 12.1 Å². The van der Waals surface area contributed by atoms with Crippen molar-refractivity contribution in [2.45, 2.75) is 13.8 Å². The van der Waals surface area contributed by atoms with Gasteiger partial charge in [0.2, 0.25) is 11.8 Å². The molecule has 1 aromatic heterocycles. The Balaban J connectivity index is 1.49. The molecule has 1 saturated heterocycles. The molecule has 1 aliphatic heterocycles. The fourth-order valence-electron chi connectivity index (χ4n) is 3.34. The molecule has 1 fully saturated rings. The van der Waals surface area contributed by atoms with E-state index in [1.54, 1.807) is 11.0 Å². The second kappa shape index (κ2) is 9.69. The zero-order valence-corrected chi connectivity index (χ0v) is 18.0. The average Bonchev–Trinajstić information content (AvgIpc) is 3.00. The van der Waals surface area contributed by atoms with Crippen molar-refractivity contribution in [2.24, 2.45) is 5.73 Å². The predicted molar refractivity (Wildman–Crippen MR) is 119 cm³/mol. The Morgan fingerprint density at radius 2 is 1.77 bits per heavy atom. The molecule has 0 radical (unpaired) electrons. The summed E-state index contributed by atoms with van der Waals surface area (Å²) in [5.74, 6) is -0.760. The van der Waals surface area contributed by atoms with Crippen LogP contribution in [0, 0.1) is 13.8 Å². The van der Waals surface area contributed by atoms with Crippen LogP contribution in [-0.2, 0) is 9.59 Å². The maximum Gasteiger partial charge on any atom is 0.251 e. The van der Waals surface area contributed by atoms with E-state index < -0.39 is 5.91 Å². The summed E-state index contributed by atoms with van der Waals surface area (Å²) < 4.78 is 0. The van der Waals surface area contributed by atoms with Gasteiger partial charge in [-0.05, 0) is 31.1 Å². The van der Waals surface area contributed by atoms with E-state index >= 15 is 0 Å². The van der Waals surface area contributed by atoms with Crippen LogP contribution < -0.4 is 11.1 Å². The molecule has 0 aliphatic carbocycles. The molecule has 2 aromatic rings. The van der Waals surface area contributed by atoms with E-state index in [1.165, 1.54) is 11.3 Å². The quantitative estimate of drug-likeness (QED) is 0.693. The first-order valence-electron chi connectivity index (χ1n) is 9.79. The van der Waals surface area contributed by atoms with E-state index in [0.29, 0.717) is 36.7 Å². The maximum atomic E-state index is 12.5. The molecule has 0 bridgehead atoms. The summed E-state index contributed by atoms with van der Waals surface area (Å²) in [6, 6.07) is 9.68. The molecule has 3 rings (SSSR count). The lowest BCUT2D eigenvalue weighted by molar-refractivity contribution is -0.127. The highest BCUT2D eigenvalue weighted by Crippen LogP contribution is 2.31. The first-order chi connectivity index (χ1) is 14.3. The van der Waals surface area contributed by atoms with E-state index in [-0.39, 0.29) is 18.4 Å². The molecule has 0 unspecified atom stereocenters. The third-order valence-electron chi connectivity index (χ3n) is 5.15. The van der Waals surface area contributed by atoms with Crippen LogP contribution in [0.25, 0.3) is 6.08 Å². The molecule has 0 spiro atoms. The van der Waals surface area contributed by atoms with Crippen LogP contribution in [0.1, 0.15) is 26.4 Å². The Hall–Kier alpha value is -2.97. The molecule has 0 atom stereocenters. The molecule has 30 heavy (non-hydrogen) atoms. The molecule has 3 amide bonds. The maximum absolute atomic E-state index is 12.5. The summed E-state index contributed by atoms with van der Waals surface area (Å²) >= 11 is 1.36. The van der Waals surface area contributed by atoms with Gasteiger partial charge in [0.25, 0.3) is 5.91 Å². The summed E-state index contributed by atoms with van der Waals surface area (Å²) in [6.45, 7) is 6.28. The van der Waals surface area contributed by atoms with Crippen molar-refractivity contribution < 1.29 is 14.4 Å². The predicted octanol–water partition coefficient (Wildman–Crippen LogP) is 2.26. The molecule has 2 heterocycles. The van der Waals surface area contributed by atoms with E-state index in [2.05, 4.69) is 5.32 Å². The SMILES string of the molecule is Cc1sc(NC(=O)CN2CCN(C(=O)/C=C/c3ccccc3)CC2)c(C(N)=O)c1C. The number of amides is 3. The number of hydrogen-bond acceptors (Lipinski definition) is 5. The van der Waals surface area contributed by atoms with Gasteiger partial charge in [-0.2, -0.15) is 0 Å². The number of nitrogens with one attached hydrogen (secondary N) is 1.